The minimum Gasteiger partial charge on any atom is -0.351 e. The summed E-state index contributed by atoms with van der Waals surface area (Å²) in [4.78, 5) is 11.6. The van der Waals surface area contributed by atoms with Crippen molar-refractivity contribution in [3.8, 4) is 0 Å². The fourth-order valence-corrected chi connectivity index (χ4v) is 1.63. The number of aromatic nitrogens is 4. The van der Waals surface area contributed by atoms with Gasteiger partial charge in [-0.25, -0.2) is 4.68 Å². The lowest BCUT2D eigenvalue weighted by Crippen LogP contribution is -2.43. The molecule has 0 unspecified atom stereocenters. The molecule has 0 aliphatic carbocycles. The SMILES string of the molecule is CCC(C)(C)NC(=O)CSc1nnnn1C. The van der Waals surface area contributed by atoms with Gasteiger partial charge in [0.2, 0.25) is 11.1 Å². The van der Waals surface area contributed by atoms with Gasteiger partial charge in [0.15, 0.2) is 0 Å². The number of aryl methyl sites for hydroxylation is 1. The third kappa shape index (κ3) is 3.80. The van der Waals surface area contributed by atoms with Crippen LogP contribution in [0.5, 0.6) is 0 Å². The first kappa shape index (κ1) is 13.0. The van der Waals surface area contributed by atoms with Crippen molar-refractivity contribution in [3.05, 3.63) is 0 Å². The van der Waals surface area contributed by atoms with Crippen molar-refractivity contribution in [2.24, 2.45) is 7.05 Å². The molecule has 0 bridgehead atoms. The summed E-state index contributed by atoms with van der Waals surface area (Å²) in [6.45, 7) is 6.04. The number of amides is 1. The molecule has 16 heavy (non-hydrogen) atoms. The molecule has 0 aliphatic rings. The highest BCUT2D eigenvalue weighted by atomic mass is 32.2. The van der Waals surface area contributed by atoms with Gasteiger partial charge in [0, 0.05) is 12.6 Å². The van der Waals surface area contributed by atoms with Crippen LogP contribution in [0.2, 0.25) is 0 Å². The predicted molar refractivity (Wildman–Crippen MR) is 62.0 cm³/mol. The van der Waals surface area contributed by atoms with E-state index < -0.39 is 0 Å². The lowest BCUT2D eigenvalue weighted by Gasteiger charge is -2.24. The normalized spacial score (nSPS) is 11.5. The van der Waals surface area contributed by atoms with E-state index in [0.717, 1.165) is 6.42 Å². The van der Waals surface area contributed by atoms with E-state index in [2.05, 4.69) is 20.8 Å². The molecule has 0 spiro atoms. The van der Waals surface area contributed by atoms with Gasteiger partial charge in [-0.15, -0.1) is 5.10 Å². The molecule has 6 nitrogen and oxygen atoms in total. The number of nitrogens with one attached hydrogen (secondary N) is 1. The van der Waals surface area contributed by atoms with Crippen LogP contribution in [-0.4, -0.2) is 37.4 Å². The number of hydrogen-bond acceptors (Lipinski definition) is 5. The summed E-state index contributed by atoms with van der Waals surface area (Å²) >= 11 is 1.33. The van der Waals surface area contributed by atoms with Gasteiger partial charge in [-0.1, -0.05) is 18.7 Å². The quantitative estimate of drug-likeness (QED) is 0.767. The molecular formula is C9H17N5OS. The van der Waals surface area contributed by atoms with Crippen LogP contribution in [0, 0.1) is 0 Å². The predicted octanol–water partition coefficient (Wildman–Crippen LogP) is 0.607. The molecule has 1 heterocycles. The number of hydrogen-bond donors (Lipinski definition) is 1. The molecular weight excluding hydrogens is 226 g/mol. The molecule has 1 aromatic rings. The molecule has 0 aromatic carbocycles. The van der Waals surface area contributed by atoms with E-state index in [4.69, 9.17) is 0 Å². The van der Waals surface area contributed by atoms with E-state index in [1.54, 1.807) is 11.7 Å². The van der Waals surface area contributed by atoms with Crippen LogP contribution in [-0.2, 0) is 11.8 Å². The third-order valence-electron chi connectivity index (χ3n) is 2.28. The molecule has 1 rings (SSSR count). The average Bonchev–Trinajstić information content (AvgIpc) is 2.60. The lowest BCUT2D eigenvalue weighted by molar-refractivity contribution is -0.120. The van der Waals surface area contributed by atoms with E-state index in [1.165, 1.54) is 11.8 Å². The van der Waals surface area contributed by atoms with Crippen molar-refractivity contribution in [1.29, 1.82) is 0 Å². The Morgan fingerprint density at radius 1 is 1.56 bits per heavy atom. The van der Waals surface area contributed by atoms with Crippen LogP contribution in [0.1, 0.15) is 27.2 Å². The lowest BCUT2D eigenvalue weighted by atomic mass is 10.0. The van der Waals surface area contributed by atoms with Gasteiger partial charge >= 0.3 is 0 Å². The standard InChI is InChI=1S/C9H17N5OS/c1-5-9(2,3)10-7(15)6-16-8-11-12-13-14(8)4/h5-6H2,1-4H3,(H,10,15). The molecule has 0 saturated heterocycles. The molecule has 1 N–H and O–H groups in total. The van der Waals surface area contributed by atoms with Crippen molar-refractivity contribution >= 4 is 17.7 Å². The largest absolute Gasteiger partial charge is 0.351 e. The highest BCUT2D eigenvalue weighted by Crippen LogP contribution is 2.13. The summed E-state index contributed by atoms with van der Waals surface area (Å²) < 4.78 is 1.54. The van der Waals surface area contributed by atoms with Crippen LogP contribution in [0.25, 0.3) is 0 Å². The zero-order chi connectivity index (χ0) is 12.2. The topological polar surface area (TPSA) is 72.7 Å². The molecule has 0 radical (unpaired) electrons. The van der Waals surface area contributed by atoms with Crippen molar-refractivity contribution in [2.45, 2.75) is 37.9 Å². The van der Waals surface area contributed by atoms with Gasteiger partial charge in [-0.3, -0.25) is 4.79 Å². The van der Waals surface area contributed by atoms with E-state index in [-0.39, 0.29) is 11.4 Å². The summed E-state index contributed by atoms with van der Waals surface area (Å²) in [6, 6.07) is 0. The van der Waals surface area contributed by atoms with Gasteiger partial charge in [0.25, 0.3) is 0 Å². The maximum atomic E-state index is 11.6. The molecule has 0 saturated carbocycles. The first-order chi connectivity index (χ1) is 7.44. The molecule has 0 aliphatic heterocycles. The Morgan fingerprint density at radius 2 is 2.25 bits per heavy atom. The Labute approximate surface area is 99.2 Å². The smallest absolute Gasteiger partial charge is 0.230 e. The maximum Gasteiger partial charge on any atom is 0.230 e. The summed E-state index contributed by atoms with van der Waals surface area (Å²) in [5.74, 6) is 0.331. The van der Waals surface area contributed by atoms with Crippen LogP contribution >= 0.6 is 11.8 Å². The summed E-state index contributed by atoms with van der Waals surface area (Å²) in [6.07, 6.45) is 0.898. The number of tetrazole rings is 1. The minimum atomic E-state index is -0.157. The highest BCUT2D eigenvalue weighted by Gasteiger charge is 2.18. The van der Waals surface area contributed by atoms with Gasteiger partial charge < -0.3 is 5.32 Å². The first-order valence-corrected chi connectivity index (χ1v) is 6.09. The van der Waals surface area contributed by atoms with Crippen molar-refractivity contribution in [1.82, 2.24) is 25.5 Å². The fourth-order valence-electron chi connectivity index (χ4n) is 0.976. The zero-order valence-electron chi connectivity index (χ0n) is 10.0. The maximum absolute atomic E-state index is 11.6. The molecule has 7 heteroatoms. The third-order valence-corrected chi connectivity index (χ3v) is 3.29. The van der Waals surface area contributed by atoms with E-state index in [1.807, 2.05) is 20.8 Å². The summed E-state index contributed by atoms with van der Waals surface area (Å²) in [5, 5.41) is 14.6. The number of nitrogens with zero attached hydrogens (tertiary/aromatic N) is 4. The van der Waals surface area contributed by atoms with Crippen molar-refractivity contribution < 1.29 is 4.79 Å². The fraction of sp³-hybridized carbons (Fsp3) is 0.778. The second-order valence-electron chi connectivity index (χ2n) is 4.16. The zero-order valence-corrected chi connectivity index (χ0v) is 10.8. The molecule has 90 valence electrons. The van der Waals surface area contributed by atoms with Gasteiger partial charge in [-0.2, -0.15) is 0 Å². The first-order valence-electron chi connectivity index (χ1n) is 5.11. The number of rotatable bonds is 5. The van der Waals surface area contributed by atoms with Crippen LogP contribution < -0.4 is 5.32 Å². The highest BCUT2D eigenvalue weighted by molar-refractivity contribution is 7.99. The second kappa shape index (κ2) is 5.29. The van der Waals surface area contributed by atoms with Crippen LogP contribution in [0.15, 0.2) is 5.16 Å². The Kier molecular flexibility index (Phi) is 4.28. The van der Waals surface area contributed by atoms with Crippen molar-refractivity contribution in [2.75, 3.05) is 5.75 Å². The van der Waals surface area contributed by atoms with Gasteiger partial charge in [0.1, 0.15) is 0 Å². The van der Waals surface area contributed by atoms with Crippen LogP contribution in [0.4, 0.5) is 0 Å². The van der Waals surface area contributed by atoms with E-state index in [0.29, 0.717) is 10.9 Å². The van der Waals surface area contributed by atoms with E-state index >= 15 is 0 Å². The van der Waals surface area contributed by atoms with E-state index in [9.17, 15) is 4.79 Å². The van der Waals surface area contributed by atoms with Gasteiger partial charge in [-0.05, 0) is 30.7 Å². The average molecular weight is 243 g/mol. The Bertz CT molecular complexity index is 363. The molecule has 0 atom stereocenters. The molecule has 1 amide bonds. The van der Waals surface area contributed by atoms with Gasteiger partial charge in [0.05, 0.1) is 5.75 Å². The Balaban J connectivity index is 2.39. The second-order valence-corrected chi connectivity index (χ2v) is 5.10. The van der Waals surface area contributed by atoms with Crippen LogP contribution in [0.3, 0.4) is 0 Å². The number of carbonyl (C=O) groups excluding carboxylic acids is 1. The van der Waals surface area contributed by atoms with Crippen molar-refractivity contribution in [3.63, 3.8) is 0 Å². The Hall–Kier alpha value is -1.11. The molecule has 0 fully saturated rings. The summed E-state index contributed by atoms with van der Waals surface area (Å²) in [7, 11) is 1.75. The molecule has 1 aromatic heterocycles. The number of carbonyl (C=O) groups is 1. The minimum absolute atomic E-state index is 0.000139. The summed E-state index contributed by atoms with van der Waals surface area (Å²) in [5.41, 5.74) is -0.157. The Morgan fingerprint density at radius 3 is 2.75 bits per heavy atom. The monoisotopic (exact) mass is 243 g/mol. The number of thioether (sulfide) groups is 1.